The second-order valence-corrected chi connectivity index (χ2v) is 8.18. The summed E-state index contributed by atoms with van der Waals surface area (Å²) in [4.78, 5) is 25.4. The molecule has 1 fully saturated rings. The Morgan fingerprint density at radius 2 is 1.92 bits per heavy atom. The zero-order valence-corrected chi connectivity index (χ0v) is 19.6. The van der Waals surface area contributed by atoms with E-state index in [1.54, 1.807) is 24.3 Å². The van der Waals surface area contributed by atoms with Gasteiger partial charge in [-0.3, -0.25) is 15.6 Å². The summed E-state index contributed by atoms with van der Waals surface area (Å²) < 4.78 is 44.0. The first-order valence-electron chi connectivity index (χ1n) is 11.3. The number of amides is 2. The van der Waals surface area contributed by atoms with Gasteiger partial charge in [0.1, 0.15) is 5.82 Å². The highest BCUT2D eigenvalue weighted by molar-refractivity contribution is 6.04. The Bertz CT molecular complexity index is 1280. The van der Waals surface area contributed by atoms with Gasteiger partial charge in [0, 0.05) is 42.8 Å². The van der Waals surface area contributed by atoms with Crippen LogP contribution in [0.1, 0.15) is 17.0 Å². The van der Waals surface area contributed by atoms with Crippen LogP contribution in [-0.4, -0.2) is 59.4 Å². The fraction of sp³-hybridized carbons (Fsp3) is 0.250. The van der Waals surface area contributed by atoms with Crippen molar-refractivity contribution in [3.63, 3.8) is 0 Å². The summed E-state index contributed by atoms with van der Waals surface area (Å²) in [5, 5.41) is 13.1. The number of benzene rings is 1. The SMILES string of the molecule is N=C(N=CN)c1[nH]c(CN2CCOCC2)cc1-c1ccc(NC(=O)Nc2cc(C(F)(F)F)ccn2)cc1. The molecular formula is C24H25F3N8O2. The second kappa shape index (κ2) is 11.2. The molecule has 1 saturated heterocycles. The van der Waals surface area contributed by atoms with Gasteiger partial charge in [0.05, 0.1) is 30.8 Å². The Labute approximate surface area is 210 Å². The molecule has 0 spiro atoms. The van der Waals surface area contributed by atoms with E-state index < -0.39 is 17.8 Å². The summed E-state index contributed by atoms with van der Waals surface area (Å²) in [6, 6.07) is 9.57. The quantitative estimate of drug-likeness (QED) is 0.250. The van der Waals surface area contributed by atoms with Gasteiger partial charge in [0.15, 0.2) is 5.84 Å². The van der Waals surface area contributed by atoms with Crippen LogP contribution in [-0.2, 0) is 17.5 Å². The van der Waals surface area contributed by atoms with Crippen LogP contribution in [0.4, 0.5) is 29.5 Å². The third kappa shape index (κ3) is 6.71. The van der Waals surface area contributed by atoms with E-state index in [-0.39, 0.29) is 11.7 Å². The molecule has 4 rings (SSSR count). The molecule has 3 heterocycles. The molecule has 13 heteroatoms. The van der Waals surface area contributed by atoms with E-state index in [0.717, 1.165) is 54.6 Å². The van der Waals surface area contributed by atoms with Gasteiger partial charge in [-0.05, 0) is 35.9 Å². The number of nitrogens with zero attached hydrogens (tertiary/aromatic N) is 3. The Morgan fingerprint density at radius 3 is 2.59 bits per heavy atom. The van der Waals surface area contributed by atoms with Gasteiger partial charge >= 0.3 is 12.2 Å². The molecular weight excluding hydrogens is 489 g/mol. The van der Waals surface area contributed by atoms with Crippen LogP contribution in [0.15, 0.2) is 53.7 Å². The van der Waals surface area contributed by atoms with Crippen molar-refractivity contribution in [2.24, 2.45) is 10.7 Å². The van der Waals surface area contributed by atoms with Gasteiger partial charge in [-0.15, -0.1) is 0 Å². The number of hydrogen-bond donors (Lipinski definition) is 5. The molecule has 0 bridgehead atoms. The number of carbonyl (C=O) groups is 1. The van der Waals surface area contributed by atoms with E-state index in [0.29, 0.717) is 31.1 Å². The number of H-pyrrole nitrogens is 1. The number of anilines is 2. The number of nitrogens with one attached hydrogen (secondary N) is 4. The number of amidine groups is 1. The predicted octanol–water partition coefficient (Wildman–Crippen LogP) is 3.88. The highest BCUT2D eigenvalue weighted by Gasteiger charge is 2.30. The van der Waals surface area contributed by atoms with Crippen molar-refractivity contribution in [2.75, 3.05) is 36.9 Å². The number of ether oxygens (including phenoxy) is 1. The molecule has 0 radical (unpaired) electrons. The maximum absolute atomic E-state index is 12.9. The molecule has 0 aliphatic carbocycles. The van der Waals surface area contributed by atoms with Crippen molar-refractivity contribution in [1.82, 2.24) is 14.9 Å². The minimum absolute atomic E-state index is 0.0269. The summed E-state index contributed by atoms with van der Waals surface area (Å²) in [7, 11) is 0. The van der Waals surface area contributed by atoms with E-state index in [1.807, 2.05) is 6.07 Å². The Hall–Kier alpha value is -4.23. The van der Waals surface area contributed by atoms with Crippen molar-refractivity contribution in [3.8, 4) is 11.1 Å². The first-order chi connectivity index (χ1) is 17.7. The smallest absolute Gasteiger partial charge is 0.390 e. The third-order valence-corrected chi connectivity index (χ3v) is 5.59. The van der Waals surface area contributed by atoms with Crippen molar-refractivity contribution < 1.29 is 22.7 Å². The number of alkyl halides is 3. The topological polar surface area (TPSA) is 145 Å². The van der Waals surface area contributed by atoms with E-state index in [4.69, 9.17) is 15.9 Å². The zero-order chi connectivity index (χ0) is 26.4. The summed E-state index contributed by atoms with van der Waals surface area (Å²) in [6.45, 7) is 3.60. The first kappa shape index (κ1) is 25.9. The lowest BCUT2D eigenvalue weighted by molar-refractivity contribution is -0.137. The molecule has 1 aliphatic heterocycles. The number of carbonyl (C=O) groups excluding carboxylic acids is 1. The van der Waals surface area contributed by atoms with Gasteiger partial charge < -0.3 is 20.8 Å². The maximum atomic E-state index is 12.9. The van der Waals surface area contributed by atoms with Gasteiger partial charge in [-0.25, -0.2) is 14.8 Å². The first-order valence-corrected chi connectivity index (χ1v) is 11.3. The van der Waals surface area contributed by atoms with E-state index in [2.05, 4.69) is 30.5 Å². The molecule has 10 nitrogen and oxygen atoms in total. The zero-order valence-electron chi connectivity index (χ0n) is 19.6. The normalized spacial score (nSPS) is 14.6. The van der Waals surface area contributed by atoms with Crippen molar-refractivity contribution >= 4 is 29.7 Å². The number of pyridine rings is 1. The highest BCUT2D eigenvalue weighted by Crippen LogP contribution is 2.30. The number of morpholine rings is 1. The van der Waals surface area contributed by atoms with Gasteiger partial charge in [-0.1, -0.05) is 12.1 Å². The molecule has 37 heavy (non-hydrogen) atoms. The number of nitrogens with two attached hydrogens (primary N) is 1. The number of urea groups is 1. The van der Waals surface area contributed by atoms with Crippen LogP contribution in [0, 0.1) is 5.41 Å². The molecule has 0 atom stereocenters. The van der Waals surface area contributed by atoms with Crippen molar-refractivity contribution in [1.29, 1.82) is 5.41 Å². The standard InChI is InChI=1S/C24H25F3N8O2/c25-24(26,27)16-5-6-30-20(11-16)34-23(36)33-17-3-1-15(2-4-17)19-12-18(13-35-7-9-37-10-8-35)32-21(19)22(29)31-14-28/h1-6,11-12,14,32H,7-10,13H2,(H3,28,29,31)(H2,30,33,34,36). The highest BCUT2D eigenvalue weighted by atomic mass is 19.4. The third-order valence-electron chi connectivity index (χ3n) is 5.59. The lowest BCUT2D eigenvalue weighted by Crippen LogP contribution is -2.35. The van der Waals surface area contributed by atoms with Gasteiger partial charge in [0.25, 0.3) is 0 Å². The van der Waals surface area contributed by atoms with E-state index >= 15 is 0 Å². The van der Waals surface area contributed by atoms with Crippen LogP contribution in [0.5, 0.6) is 0 Å². The molecule has 0 saturated carbocycles. The lowest BCUT2D eigenvalue weighted by Gasteiger charge is -2.25. The average Bonchev–Trinajstić information content (AvgIpc) is 3.29. The molecule has 2 aromatic heterocycles. The molecule has 2 amide bonds. The lowest BCUT2D eigenvalue weighted by atomic mass is 10.0. The molecule has 3 aromatic rings. The minimum atomic E-state index is -4.55. The number of halogens is 3. The van der Waals surface area contributed by atoms with E-state index in [1.165, 1.54) is 0 Å². The molecule has 0 unspecified atom stereocenters. The Morgan fingerprint density at radius 1 is 1.19 bits per heavy atom. The fourth-order valence-corrected chi connectivity index (χ4v) is 3.84. The molecule has 6 N–H and O–H groups in total. The minimum Gasteiger partial charge on any atom is -0.390 e. The van der Waals surface area contributed by atoms with Crippen LogP contribution >= 0.6 is 0 Å². The number of aliphatic imine (C=N–C) groups is 1. The van der Waals surface area contributed by atoms with Crippen molar-refractivity contribution in [3.05, 3.63) is 65.6 Å². The van der Waals surface area contributed by atoms with E-state index in [9.17, 15) is 18.0 Å². The average molecular weight is 515 g/mol. The van der Waals surface area contributed by atoms with Crippen molar-refractivity contribution in [2.45, 2.75) is 12.7 Å². The largest absolute Gasteiger partial charge is 0.416 e. The molecule has 1 aliphatic rings. The molecule has 1 aromatic carbocycles. The Balaban J connectivity index is 1.48. The van der Waals surface area contributed by atoms with Crippen LogP contribution in [0.3, 0.4) is 0 Å². The monoisotopic (exact) mass is 514 g/mol. The van der Waals surface area contributed by atoms with Gasteiger partial charge in [-0.2, -0.15) is 13.2 Å². The summed E-state index contributed by atoms with van der Waals surface area (Å²) in [5.41, 5.74) is 7.79. The van der Waals surface area contributed by atoms with Crippen LogP contribution in [0.2, 0.25) is 0 Å². The predicted molar refractivity (Wildman–Crippen MR) is 134 cm³/mol. The second-order valence-electron chi connectivity index (χ2n) is 8.18. The van der Waals surface area contributed by atoms with Crippen LogP contribution < -0.4 is 16.4 Å². The summed E-state index contributed by atoms with van der Waals surface area (Å²) in [6.07, 6.45) is -2.52. The van der Waals surface area contributed by atoms with Crippen LogP contribution in [0.25, 0.3) is 11.1 Å². The number of hydrogen-bond acceptors (Lipinski definition) is 5. The number of aromatic amines is 1. The van der Waals surface area contributed by atoms with Gasteiger partial charge in [0.2, 0.25) is 0 Å². The Kier molecular flexibility index (Phi) is 7.84. The molecule has 194 valence electrons. The summed E-state index contributed by atoms with van der Waals surface area (Å²) >= 11 is 0. The summed E-state index contributed by atoms with van der Waals surface area (Å²) in [5.74, 6) is -0.256. The number of rotatable bonds is 6. The number of aromatic nitrogens is 2. The fourth-order valence-electron chi connectivity index (χ4n) is 3.84. The maximum Gasteiger partial charge on any atom is 0.416 e.